The summed E-state index contributed by atoms with van der Waals surface area (Å²) >= 11 is 0. The van der Waals surface area contributed by atoms with Crippen LogP contribution >= 0.6 is 12.4 Å². The quantitative estimate of drug-likeness (QED) is 0.840. The summed E-state index contributed by atoms with van der Waals surface area (Å²) in [5.74, 6) is 0.279. The predicted molar refractivity (Wildman–Crippen MR) is 81.4 cm³/mol. The average molecular weight is 339 g/mol. The lowest BCUT2D eigenvalue weighted by molar-refractivity contribution is 0.352. The summed E-state index contributed by atoms with van der Waals surface area (Å²) in [7, 11) is -3.41. The molecule has 1 aliphatic carbocycles. The highest BCUT2D eigenvalue weighted by Crippen LogP contribution is 2.34. The van der Waals surface area contributed by atoms with Gasteiger partial charge in [0.15, 0.2) is 5.82 Å². The molecule has 7 nitrogen and oxygen atoms in total. The van der Waals surface area contributed by atoms with E-state index in [1.54, 1.807) is 13.8 Å². The van der Waals surface area contributed by atoms with E-state index in [0.717, 1.165) is 25.7 Å². The van der Waals surface area contributed by atoms with Crippen LogP contribution in [0.4, 0.5) is 0 Å². The second-order valence-corrected chi connectivity index (χ2v) is 7.18. The molecule has 1 heterocycles. The summed E-state index contributed by atoms with van der Waals surface area (Å²) in [6.45, 7) is 4.46. The number of nitrogens with zero attached hydrogens (tertiary/aromatic N) is 3. The van der Waals surface area contributed by atoms with E-state index >= 15 is 0 Å². The molecule has 0 unspecified atom stereocenters. The first-order chi connectivity index (χ1) is 9.41. The van der Waals surface area contributed by atoms with Gasteiger partial charge in [0.1, 0.15) is 5.75 Å². The van der Waals surface area contributed by atoms with Crippen LogP contribution in [0.2, 0.25) is 0 Å². The van der Waals surface area contributed by atoms with Gasteiger partial charge in [-0.15, -0.1) is 12.4 Å². The van der Waals surface area contributed by atoms with Crippen molar-refractivity contribution in [2.24, 2.45) is 5.73 Å². The van der Waals surface area contributed by atoms with Crippen LogP contribution in [-0.2, 0) is 21.3 Å². The second kappa shape index (κ2) is 7.04. The highest BCUT2D eigenvalue weighted by Gasteiger charge is 2.36. The summed E-state index contributed by atoms with van der Waals surface area (Å²) in [5.41, 5.74) is 5.67. The Balaban J connectivity index is 0.00000220. The highest BCUT2D eigenvalue weighted by molar-refractivity contribution is 7.88. The molecule has 1 aromatic heterocycles. The van der Waals surface area contributed by atoms with Gasteiger partial charge in [0.25, 0.3) is 0 Å². The zero-order chi connectivity index (χ0) is 14.8. The smallest absolute Gasteiger partial charge is 0.243 e. The van der Waals surface area contributed by atoms with Gasteiger partial charge in [-0.05, 0) is 12.8 Å². The Kier molecular flexibility index (Phi) is 6.15. The lowest BCUT2D eigenvalue weighted by Crippen LogP contribution is -2.34. The molecular formula is C12H23ClN4O3S. The number of aromatic nitrogens is 2. The van der Waals surface area contributed by atoms with E-state index in [0.29, 0.717) is 18.9 Å². The topological polar surface area (TPSA) is 102 Å². The predicted octanol–water partition coefficient (Wildman–Crippen LogP) is 1.39. The van der Waals surface area contributed by atoms with Gasteiger partial charge in [-0.2, -0.15) is 4.98 Å². The molecular weight excluding hydrogens is 316 g/mol. The largest absolute Gasteiger partial charge is 0.338 e. The molecule has 0 amide bonds. The van der Waals surface area contributed by atoms with Crippen molar-refractivity contribution in [1.29, 1.82) is 0 Å². The summed E-state index contributed by atoms with van der Waals surface area (Å²) in [5, 5.41) is 3.87. The van der Waals surface area contributed by atoms with Gasteiger partial charge in [0.2, 0.25) is 15.9 Å². The van der Waals surface area contributed by atoms with E-state index in [1.807, 2.05) is 0 Å². The third-order valence-electron chi connectivity index (χ3n) is 3.81. The number of hydrogen-bond donors (Lipinski definition) is 1. The van der Waals surface area contributed by atoms with E-state index in [4.69, 9.17) is 10.3 Å². The molecule has 0 spiro atoms. The molecule has 0 atom stereocenters. The molecule has 21 heavy (non-hydrogen) atoms. The fourth-order valence-corrected chi connectivity index (χ4v) is 4.01. The lowest BCUT2D eigenvalue weighted by Gasteiger charge is -2.18. The molecule has 0 aromatic carbocycles. The number of hydrogen-bond acceptors (Lipinski definition) is 6. The standard InChI is InChI=1S/C12H22N4O3S.ClH/c1-3-16(4-2)20(17,18)9-10-14-11(15-19-10)12(13)7-5-6-8-12;/h3-9,13H2,1-2H3;1H. The molecule has 0 radical (unpaired) electrons. The lowest BCUT2D eigenvalue weighted by atomic mass is 9.99. The summed E-state index contributed by atoms with van der Waals surface area (Å²) in [4.78, 5) is 4.19. The van der Waals surface area contributed by atoms with E-state index in [2.05, 4.69) is 10.1 Å². The van der Waals surface area contributed by atoms with Crippen LogP contribution in [0.1, 0.15) is 51.2 Å². The maximum Gasteiger partial charge on any atom is 0.243 e. The van der Waals surface area contributed by atoms with Gasteiger partial charge in [-0.25, -0.2) is 12.7 Å². The third-order valence-corrected chi connectivity index (χ3v) is 5.73. The van der Waals surface area contributed by atoms with Crippen molar-refractivity contribution in [3.8, 4) is 0 Å². The van der Waals surface area contributed by atoms with Crippen molar-refractivity contribution in [2.75, 3.05) is 13.1 Å². The Morgan fingerprint density at radius 2 is 1.86 bits per heavy atom. The summed E-state index contributed by atoms with van der Waals surface area (Å²) in [6.07, 6.45) is 3.71. The molecule has 122 valence electrons. The van der Waals surface area contributed by atoms with E-state index in [9.17, 15) is 8.42 Å². The Labute approximate surface area is 131 Å². The first kappa shape index (κ1) is 18.3. The normalized spacial score (nSPS) is 17.9. The minimum absolute atomic E-state index is 0. The Hall–Kier alpha value is -0.700. The summed E-state index contributed by atoms with van der Waals surface area (Å²) in [6, 6.07) is 0. The summed E-state index contributed by atoms with van der Waals surface area (Å²) < 4.78 is 30.7. The van der Waals surface area contributed by atoms with Gasteiger partial charge < -0.3 is 10.3 Å². The van der Waals surface area contributed by atoms with Crippen molar-refractivity contribution in [3.63, 3.8) is 0 Å². The van der Waals surface area contributed by atoms with Crippen molar-refractivity contribution >= 4 is 22.4 Å². The Morgan fingerprint density at radius 3 is 2.38 bits per heavy atom. The van der Waals surface area contributed by atoms with Crippen molar-refractivity contribution in [2.45, 2.75) is 50.8 Å². The Bertz CT molecular complexity index is 551. The monoisotopic (exact) mass is 338 g/mol. The third kappa shape index (κ3) is 3.94. The zero-order valence-corrected chi connectivity index (χ0v) is 14.0. The number of rotatable bonds is 6. The zero-order valence-electron chi connectivity index (χ0n) is 12.4. The van der Waals surface area contributed by atoms with Crippen LogP contribution in [0.5, 0.6) is 0 Å². The van der Waals surface area contributed by atoms with Crippen LogP contribution in [0.25, 0.3) is 0 Å². The van der Waals surface area contributed by atoms with Gasteiger partial charge in [0, 0.05) is 13.1 Å². The molecule has 9 heteroatoms. The van der Waals surface area contributed by atoms with Crippen molar-refractivity contribution < 1.29 is 12.9 Å². The van der Waals surface area contributed by atoms with Gasteiger partial charge >= 0.3 is 0 Å². The second-order valence-electron chi connectivity index (χ2n) is 5.22. The fourth-order valence-electron chi connectivity index (χ4n) is 2.61. The van der Waals surface area contributed by atoms with Crippen molar-refractivity contribution in [3.05, 3.63) is 11.7 Å². The molecule has 1 aliphatic rings. The van der Waals surface area contributed by atoms with Crippen LogP contribution < -0.4 is 5.73 Å². The van der Waals surface area contributed by atoms with Crippen LogP contribution in [0.3, 0.4) is 0 Å². The first-order valence-electron chi connectivity index (χ1n) is 7.01. The maximum atomic E-state index is 12.1. The fraction of sp³-hybridized carbons (Fsp3) is 0.833. The van der Waals surface area contributed by atoms with Crippen LogP contribution in [0.15, 0.2) is 4.52 Å². The highest BCUT2D eigenvalue weighted by atomic mass is 35.5. The van der Waals surface area contributed by atoms with Gasteiger partial charge in [-0.3, -0.25) is 0 Å². The number of sulfonamides is 1. The average Bonchev–Trinajstić information content (AvgIpc) is 3.00. The first-order valence-corrected chi connectivity index (χ1v) is 8.62. The number of halogens is 1. The minimum Gasteiger partial charge on any atom is -0.338 e. The van der Waals surface area contributed by atoms with Crippen molar-refractivity contribution in [1.82, 2.24) is 14.4 Å². The molecule has 0 aliphatic heterocycles. The Morgan fingerprint density at radius 1 is 1.29 bits per heavy atom. The SMILES string of the molecule is CCN(CC)S(=O)(=O)Cc1nc(C2(N)CCCC2)no1.Cl. The van der Waals surface area contributed by atoms with Crippen LogP contribution in [-0.4, -0.2) is 36.0 Å². The molecule has 1 saturated carbocycles. The minimum atomic E-state index is -3.41. The van der Waals surface area contributed by atoms with E-state index in [-0.39, 0.29) is 24.1 Å². The molecule has 0 saturated heterocycles. The number of nitrogens with two attached hydrogens (primary N) is 1. The van der Waals surface area contributed by atoms with Gasteiger partial charge in [0.05, 0.1) is 5.54 Å². The molecule has 1 fully saturated rings. The molecule has 1 aromatic rings. The maximum absolute atomic E-state index is 12.1. The van der Waals surface area contributed by atoms with Gasteiger partial charge in [-0.1, -0.05) is 31.8 Å². The molecule has 2 rings (SSSR count). The molecule has 2 N–H and O–H groups in total. The van der Waals surface area contributed by atoms with Crippen LogP contribution in [0, 0.1) is 0 Å². The van der Waals surface area contributed by atoms with E-state index in [1.165, 1.54) is 4.31 Å². The molecule has 0 bridgehead atoms. The van der Waals surface area contributed by atoms with E-state index < -0.39 is 15.6 Å².